The Morgan fingerprint density at radius 2 is 2.27 bits per heavy atom. The Labute approximate surface area is 132 Å². The molecule has 0 saturated heterocycles. The molecule has 22 heavy (non-hydrogen) atoms. The first kappa shape index (κ1) is 14.6. The van der Waals surface area contributed by atoms with Gasteiger partial charge >= 0.3 is 0 Å². The van der Waals surface area contributed by atoms with Crippen molar-refractivity contribution < 1.29 is 9.53 Å². The summed E-state index contributed by atoms with van der Waals surface area (Å²) >= 11 is 5.94. The lowest BCUT2D eigenvalue weighted by Gasteiger charge is -2.11. The Morgan fingerprint density at radius 3 is 3.09 bits per heavy atom. The van der Waals surface area contributed by atoms with Gasteiger partial charge in [0.2, 0.25) is 0 Å². The van der Waals surface area contributed by atoms with Crippen molar-refractivity contribution in [3.63, 3.8) is 0 Å². The van der Waals surface area contributed by atoms with E-state index in [4.69, 9.17) is 16.3 Å². The number of anilines is 1. The number of nitrogens with one attached hydrogen (secondary N) is 2. The molecule has 0 fully saturated rings. The number of benzene rings is 1. The minimum absolute atomic E-state index is 0.131. The van der Waals surface area contributed by atoms with Gasteiger partial charge in [0, 0.05) is 36.9 Å². The van der Waals surface area contributed by atoms with Crippen LogP contribution < -0.4 is 15.4 Å². The summed E-state index contributed by atoms with van der Waals surface area (Å²) in [7, 11) is 0. The Balaban J connectivity index is 1.44. The summed E-state index contributed by atoms with van der Waals surface area (Å²) in [5.74, 6) is 1.27. The van der Waals surface area contributed by atoms with Crippen LogP contribution in [0.1, 0.15) is 5.56 Å². The van der Waals surface area contributed by atoms with Crippen molar-refractivity contribution in [2.45, 2.75) is 12.5 Å². The van der Waals surface area contributed by atoms with Crippen LogP contribution in [0, 0.1) is 0 Å². The number of rotatable bonds is 5. The van der Waals surface area contributed by atoms with E-state index >= 15 is 0 Å². The van der Waals surface area contributed by atoms with Gasteiger partial charge in [0.15, 0.2) is 6.10 Å². The number of ether oxygens (including phenoxy) is 1. The first-order valence-corrected chi connectivity index (χ1v) is 7.33. The number of aromatic nitrogens is 2. The number of amides is 1. The highest BCUT2D eigenvalue weighted by atomic mass is 35.5. The lowest BCUT2D eigenvalue weighted by atomic mass is 10.1. The van der Waals surface area contributed by atoms with E-state index in [1.165, 1.54) is 0 Å². The molecule has 114 valence electrons. The summed E-state index contributed by atoms with van der Waals surface area (Å²) in [6, 6.07) is 5.38. The van der Waals surface area contributed by atoms with E-state index in [1.807, 2.05) is 6.07 Å². The van der Waals surface area contributed by atoms with Gasteiger partial charge in [-0.25, -0.2) is 4.98 Å². The minimum atomic E-state index is -0.495. The lowest BCUT2D eigenvalue weighted by molar-refractivity contribution is -0.127. The Bertz CT molecular complexity index is 666. The largest absolute Gasteiger partial charge is 0.480 e. The third-order valence-corrected chi connectivity index (χ3v) is 3.52. The van der Waals surface area contributed by atoms with Crippen LogP contribution in [0.3, 0.4) is 0 Å². The number of fused-ring (bicyclic) bond motifs is 1. The van der Waals surface area contributed by atoms with Gasteiger partial charge in [-0.2, -0.15) is 0 Å². The van der Waals surface area contributed by atoms with Crippen molar-refractivity contribution >= 4 is 23.3 Å². The fourth-order valence-electron chi connectivity index (χ4n) is 2.24. The molecule has 3 rings (SSSR count). The van der Waals surface area contributed by atoms with Crippen LogP contribution in [0.5, 0.6) is 5.75 Å². The fourth-order valence-corrected chi connectivity index (χ4v) is 2.44. The van der Waals surface area contributed by atoms with Gasteiger partial charge in [-0.15, -0.1) is 0 Å². The van der Waals surface area contributed by atoms with Crippen LogP contribution >= 0.6 is 11.6 Å². The molecule has 0 spiro atoms. The molecule has 2 N–H and O–H groups in total. The molecule has 1 aromatic carbocycles. The Hall–Kier alpha value is -2.34. The Kier molecular flexibility index (Phi) is 4.39. The van der Waals surface area contributed by atoms with Crippen molar-refractivity contribution in [2.24, 2.45) is 0 Å². The number of carbonyl (C=O) groups is 1. The van der Waals surface area contributed by atoms with Crippen molar-refractivity contribution in [3.8, 4) is 5.75 Å². The summed E-state index contributed by atoms with van der Waals surface area (Å²) in [5, 5.41) is 6.55. The molecule has 2 heterocycles. The first-order valence-electron chi connectivity index (χ1n) is 6.95. The van der Waals surface area contributed by atoms with E-state index < -0.39 is 6.10 Å². The molecule has 2 aromatic rings. The molecule has 0 bridgehead atoms. The number of nitrogens with zero attached hydrogens (tertiary/aromatic N) is 2. The maximum atomic E-state index is 12.1. The van der Waals surface area contributed by atoms with Gasteiger partial charge in [0.05, 0.1) is 6.20 Å². The van der Waals surface area contributed by atoms with E-state index in [9.17, 15) is 4.79 Å². The van der Waals surface area contributed by atoms with Crippen molar-refractivity contribution in [1.82, 2.24) is 15.3 Å². The van der Waals surface area contributed by atoms with Gasteiger partial charge in [0.1, 0.15) is 11.6 Å². The predicted octanol–water partition coefficient (Wildman–Crippen LogP) is 1.66. The zero-order valence-electron chi connectivity index (χ0n) is 11.8. The van der Waals surface area contributed by atoms with E-state index in [0.717, 1.165) is 11.3 Å². The van der Waals surface area contributed by atoms with Gasteiger partial charge in [-0.3, -0.25) is 9.78 Å². The maximum absolute atomic E-state index is 12.1. The zero-order valence-corrected chi connectivity index (χ0v) is 12.5. The van der Waals surface area contributed by atoms with Crippen molar-refractivity contribution in [1.29, 1.82) is 0 Å². The highest BCUT2D eigenvalue weighted by Gasteiger charge is 2.28. The quantitative estimate of drug-likeness (QED) is 0.820. The Morgan fingerprint density at radius 1 is 1.36 bits per heavy atom. The van der Waals surface area contributed by atoms with Gasteiger partial charge < -0.3 is 15.4 Å². The molecule has 7 heteroatoms. The molecule has 0 radical (unpaired) electrons. The molecular weight excluding hydrogens is 304 g/mol. The topological polar surface area (TPSA) is 76.1 Å². The molecule has 6 nitrogen and oxygen atoms in total. The molecule has 1 atom stereocenters. The third-order valence-electron chi connectivity index (χ3n) is 3.28. The summed E-state index contributed by atoms with van der Waals surface area (Å²) in [4.78, 5) is 20.1. The summed E-state index contributed by atoms with van der Waals surface area (Å²) in [5.41, 5.74) is 0.963. The maximum Gasteiger partial charge on any atom is 0.261 e. The molecule has 0 aliphatic carbocycles. The van der Waals surface area contributed by atoms with Crippen LogP contribution in [0.4, 0.5) is 5.82 Å². The molecule has 0 unspecified atom stereocenters. The first-order chi connectivity index (χ1) is 10.7. The average molecular weight is 319 g/mol. The second-order valence-electron chi connectivity index (χ2n) is 4.87. The molecule has 1 aromatic heterocycles. The highest BCUT2D eigenvalue weighted by Crippen LogP contribution is 2.30. The van der Waals surface area contributed by atoms with Crippen molar-refractivity contribution in [2.75, 3.05) is 18.4 Å². The number of halogens is 1. The van der Waals surface area contributed by atoms with Gasteiger partial charge in [-0.05, 0) is 23.8 Å². The van der Waals surface area contributed by atoms with Gasteiger partial charge in [0.25, 0.3) is 5.91 Å². The number of hydrogen-bond acceptors (Lipinski definition) is 5. The van der Waals surface area contributed by atoms with Crippen LogP contribution in [-0.4, -0.2) is 35.1 Å². The SMILES string of the molecule is O=C(NCCNc1cnccn1)[C@@H]1Cc2cc(Cl)ccc2O1. The summed E-state index contributed by atoms with van der Waals surface area (Å²) in [6.07, 6.45) is 4.89. The zero-order chi connectivity index (χ0) is 15.4. The standard InChI is InChI=1S/C15H15ClN4O2/c16-11-1-2-12-10(7-11)8-13(22-12)15(21)20-6-5-19-14-9-17-3-4-18-14/h1-4,7,9,13H,5-6,8H2,(H,18,19)(H,20,21)/t13-/m0/s1. The van der Waals surface area contributed by atoms with Crippen LogP contribution in [-0.2, 0) is 11.2 Å². The van der Waals surface area contributed by atoms with E-state index in [0.29, 0.717) is 30.4 Å². The average Bonchev–Trinajstić information content (AvgIpc) is 2.95. The van der Waals surface area contributed by atoms with E-state index in [2.05, 4.69) is 20.6 Å². The monoisotopic (exact) mass is 318 g/mol. The fraction of sp³-hybridized carbons (Fsp3) is 0.267. The highest BCUT2D eigenvalue weighted by molar-refractivity contribution is 6.30. The van der Waals surface area contributed by atoms with E-state index in [1.54, 1.807) is 30.7 Å². The van der Waals surface area contributed by atoms with Crippen LogP contribution in [0.2, 0.25) is 5.02 Å². The van der Waals surface area contributed by atoms with Crippen LogP contribution in [0.15, 0.2) is 36.8 Å². The third kappa shape index (κ3) is 3.46. The molecule has 0 saturated carbocycles. The second-order valence-corrected chi connectivity index (χ2v) is 5.31. The van der Waals surface area contributed by atoms with Gasteiger partial charge in [-0.1, -0.05) is 11.6 Å². The number of carbonyl (C=O) groups excluding carboxylic acids is 1. The van der Waals surface area contributed by atoms with E-state index in [-0.39, 0.29) is 5.91 Å². The molecule has 1 aliphatic heterocycles. The lowest BCUT2D eigenvalue weighted by Crippen LogP contribution is -2.39. The van der Waals surface area contributed by atoms with Crippen LogP contribution in [0.25, 0.3) is 0 Å². The molecular formula is C15H15ClN4O2. The number of hydrogen-bond donors (Lipinski definition) is 2. The second kappa shape index (κ2) is 6.62. The summed E-state index contributed by atoms with van der Waals surface area (Å²) < 4.78 is 5.63. The van der Waals surface area contributed by atoms with Crippen molar-refractivity contribution in [3.05, 3.63) is 47.4 Å². The molecule has 1 aliphatic rings. The normalized spacial score (nSPS) is 15.8. The predicted molar refractivity (Wildman–Crippen MR) is 83.1 cm³/mol. The molecule has 1 amide bonds. The smallest absolute Gasteiger partial charge is 0.261 e. The summed E-state index contributed by atoms with van der Waals surface area (Å²) in [6.45, 7) is 1.04. The minimum Gasteiger partial charge on any atom is -0.480 e.